The Morgan fingerprint density at radius 2 is 0.875 bits per heavy atom. The van der Waals surface area contributed by atoms with Gasteiger partial charge in [0.25, 0.3) is 0 Å². The van der Waals surface area contributed by atoms with E-state index in [0.29, 0.717) is 16.7 Å². The molecule has 0 bridgehead atoms. The Kier molecular flexibility index (Phi) is 7.53. The lowest BCUT2D eigenvalue weighted by Gasteiger charge is -2.20. The first-order valence-electron chi connectivity index (χ1n) is 18.2. The van der Waals surface area contributed by atoms with E-state index in [4.69, 9.17) is 4.98 Å². The summed E-state index contributed by atoms with van der Waals surface area (Å²) in [6.45, 7) is 0. The van der Waals surface area contributed by atoms with Crippen LogP contribution in [0.2, 0.25) is 0 Å². The second-order valence-electron chi connectivity index (χ2n) is 13.7. The van der Waals surface area contributed by atoms with Gasteiger partial charge in [0.05, 0.1) is 80.7 Å². The average Bonchev–Trinajstić information content (AvgIpc) is 3.78. The molecule has 0 spiro atoms. The summed E-state index contributed by atoms with van der Waals surface area (Å²) in [4.78, 5) is 4.98. The van der Waals surface area contributed by atoms with Crippen LogP contribution in [-0.4, -0.2) is 14.1 Å². The van der Waals surface area contributed by atoms with Crippen LogP contribution in [0.5, 0.6) is 0 Å². The van der Waals surface area contributed by atoms with Gasteiger partial charge in [-0.25, -0.2) is 0 Å². The molecule has 3 heterocycles. The third-order valence-corrected chi connectivity index (χ3v) is 10.7. The van der Waals surface area contributed by atoms with E-state index in [-0.39, 0.29) is 0 Å². The lowest BCUT2D eigenvalue weighted by molar-refractivity contribution is 1.09. The Balaban J connectivity index is 1.34. The van der Waals surface area contributed by atoms with Crippen molar-refractivity contribution in [3.63, 3.8) is 0 Å². The lowest BCUT2D eigenvalue weighted by Crippen LogP contribution is -2.05. The first-order valence-corrected chi connectivity index (χ1v) is 18.2. The minimum absolute atomic E-state index is 0.548. The summed E-state index contributed by atoms with van der Waals surface area (Å²) in [5.41, 5.74) is 12.7. The van der Waals surface area contributed by atoms with Gasteiger partial charge in [0.2, 0.25) is 0 Å². The van der Waals surface area contributed by atoms with Crippen LogP contribution in [0.25, 0.3) is 88.4 Å². The number of hydrogen-bond donors (Lipinski definition) is 0. The highest BCUT2D eigenvalue weighted by Gasteiger charge is 2.23. The van der Waals surface area contributed by atoms with E-state index < -0.39 is 0 Å². The first-order chi connectivity index (χ1) is 27.7. The van der Waals surface area contributed by atoms with Crippen molar-refractivity contribution in [3.05, 3.63) is 187 Å². The van der Waals surface area contributed by atoms with Crippen molar-refractivity contribution in [2.75, 3.05) is 0 Å². The minimum Gasteiger partial charge on any atom is -0.307 e. The van der Waals surface area contributed by atoms with E-state index in [1.54, 1.807) is 0 Å². The molecule has 0 saturated heterocycles. The molecule has 0 aliphatic rings. The number of fused-ring (bicyclic) bond motifs is 6. The van der Waals surface area contributed by atoms with E-state index in [0.717, 1.165) is 88.4 Å². The molecule has 56 heavy (non-hydrogen) atoms. The van der Waals surface area contributed by atoms with Crippen molar-refractivity contribution >= 4 is 43.6 Å². The van der Waals surface area contributed by atoms with Crippen LogP contribution < -0.4 is 0 Å². The largest absolute Gasteiger partial charge is 0.307 e. The van der Waals surface area contributed by atoms with Crippen LogP contribution in [-0.2, 0) is 0 Å². The monoisotopic (exact) mass is 712 g/mol. The maximum absolute atomic E-state index is 10.1. The predicted octanol–water partition coefficient (Wildman–Crippen LogP) is 11.9. The van der Waals surface area contributed by atoms with Crippen LogP contribution in [0.1, 0.15) is 16.7 Å². The smallest absolute Gasteiger partial charge is 0.0998 e. The third-order valence-electron chi connectivity index (χ3n) is 10.7. The van der Waals surface area contributed by atoms with Crippen LogP contribution >= 0.6 is 0 Å². The number of aromatic nitrogens is 3. The fourth-order valence-electron chi connectivity index (χ4n) is 8.28. The second kappa shape index (κ2) is 13.0. The molecule has 6 nitrogen and oxygen atoms in total. The molecule has 3 aromatic heterocycles. The van der Waals surface area contributed by atoms with Crippen molar-refractivity contribution in [2.45, 2.75) is 0 Å². The highest BCUT2D eigenvalue weighted by molar-refractivity contribution is 6.13. The number of pyridine rings is 1. The second-order valence-corrected chi connectivity index (χ2v) is 13.7. The van der Waals surface area contributed by atoms with Gasteiger partial charge in [-0.1, -0.05) is 109 Å². The third kappa shape index (κ3) is 4.97. The molecule has 0 amide bonds. The molecule has 10 aromatic rings. The Hall–Kier alpha value is -8.24. The zero-order valence-corrected chi connectivity index (χ0v) is 29.8. The molecule has 7 aromatic carbocycles. The summed E-state index contributed by atoms with van der Waals surface area (Å²) in [6, 6.07) is 59.7. The Morgan fingerprint density at radius 3 is 1.39 bits per heavy atom. The summed E-state index contributed by atoms with van der Waals surface area (Å²) in [6.07, 6.45) is 3.81. The van der Waals surface area contributed by atoms with Gasteiger partial charge in [0.1, 0.15) is 0 Å². The van der Waals surface area contributed by atoms with Crippen molar-refractivity contribution < 1.29 is 0 Å². The van der Waals surface area contributed by atoms with Gasteiger partial charge in [-0.2, -0.15) is 15.8 Å². The molecule has 0 unspecified atom stereocenters. The lowest BCUT2D eigenvalue weighted by atomic mass is 9.98. The molecule has 0 radical (unpaired) electrons. The highest BCUT2D eigenvalue weighted by Crippen LogP contribution is 2.43. The van der Waals surface area contributed by atoms with Crippen molar-refractivity contribution in [1.82, 2.24) is 14.1 Å². The van der Waals surface area contributed by atoms with Crippen LogP contribution in [0.3, 0.4) is 0 Å². The van der Waals surface area contributed by atoms with Crippen molar-refractivity contribution in [2.24, 2.45) is 0 Å². The Bertz CT molecular complexity index is 3170. The van der Waals surface area contributed by atoms with Gasteiger partial charge < -0.3 is 9.13 Å². The maximum Gasteiger partial charge on any atom is 0.0998 e. The minimum atomic E-state index is 0.548. The van der Waals surface area contributed by atoms with E-state index in [1.165, 1.54) is 0 Å². The highest BCUT2D eigenvalue weighted by atomic mass is 15.0. The van der Waals surface area contributed by atoms with E-state index >= 15 is 0 Å². The van der Waals surface area contributed by atoms with Crippen LogP contribution in [0.15, 0.2) is 170 Å². The molecular formula is C50H28N6. The average molecular weight is 713 g/mol. The quantitative estimate of drug-likeness (QED) is 0.177. The molecule has 10 rings (SSSR count). The van der Waals surface area contributed by atoms with Gasteiger partial charge in [-0.15, -0.1) is 0 Å². The fourth-order valence-corrected chi connectivity index (χ4v) is 8.28. The normalized spacial score (nSPS) is 11.2. The number of hydrogen-bond acceptors (Lipinski definition) is 4. The standard InChI is InChI=1S/C50H28N6/c51-27-32-10-9-13-35(24-32)50-48(55-44-18-7-5-16-40(44)42-22-20-33(25-46(42)55)38-14-3-1-11-36(38)28-52)30-54-31-49(50)56-45-19-8-6-17-41(45)43-23-21-34(26-47(43)56)39-15-4-2-12-37(39)29-53/h1-26,30-31H. The summed E-state index contributed by atoms with van der Waals surface area (Å²) in [7, 11) is 0. The van der Waals surface area contributed by atoms with E-state index in [9.17, 15) is 15.8 Å². The summed E-state index contributed by atoms with van der Waals surface area (Å²) in [5, 5.41) is 34.5. The zero-order valence-electron chi connectivity index (χ0n) is 29.8. The van der Waals surface area contributed by atoms with Crippen LogP contribution in [0, 0.1) is 34.0 Å². The number of nitriles is 3. The number of rotatable bonds is 5. The topological polar surface area (TPSA) is 94.1 Å². The van der Waals surface area contributed by atoms with E-state index in [1.807, 2.05) is 97.3 Å². The molecule has 0 atom stereocenters. The van der Waals surface area contributed by atoms with Gasteiger partial charge >= 0.3 is 0 Å². The summed E-state index contributed by atoms with van der Waals surface area (Å²) < 4.78 is 4.52. The maximum atomic E-state index is 10.1. The predicted molar refractivity (Wildman–Crippen MR) is 223 cm³/mol. The molecule has 0 aliphatic carbocycles. The molecule has 0 N–H and O–H groups in total. The zero-order chi connectivity index (χ0) is 37.8. The number of para-hydroxylation sites is 2. The molecular weight excluding hydrogens is 685 g/mol. The molecule has 258 valence electrons. The first kappa shape index (κ1) is 32.4. The number of nitrogens with zero attached hydrogens (tertiary/aromatic N) is 6. The summed E-state index contributed by atoms with van der Waals surface area (Å²) in [5.74, 6) is 0. The number of benzene rings is 7. The Morgan fingerprint density at radius 1 is 0.393 bits per heavy atom. The molecule has 6 heteroatoms. The SMILES string of the molecule is N#Cc1cccc(-c2c(-n3c4ccccc4c4ccc(-c5ccccc5C#N)cc43)cncc2-n2c3ccccc3c3ccc(-c4ccccc4C#N)cc32)c1. The summed E-state index contributed by atoms with van der Waals surface area (Å²) >= 11 is 0. The molecule has 0 fully saturated rings. The van der Waals surface area contributed by atoms with Crippen LogP contribution in [0.4, 0.5) is 0 Å². The Labute approximate surface area is 322 Å². The van der Waals surface area contributed by atoms with Crippen molar-refractivity contribution in [1.29, 1.82) is 15.8 Å². The van der Waals surface area contributed by atoms with Gasteiger partial charge in [0.15, 0.2) is 0 Å². The van der Waals surface area contributed by atoms with Gasteiger partial charge in [-0.3, -0.25) is 4.98 Å². The molecule has 0 aliphatic heterocycles. The molecule has 0 saturated carbocycles. The van der Waals surface area contributed by atoms with Crippen molar-refractivity contribution in [3.8, 4) is 63.0 Å². The van der Waals surface area contributed by atoms with Gasteiger partial charge in [-0.05, 0) is 76.3 Å². The fraction of sp³-hybridized carbons (Fsp3) is 0. The van der Waals surface area contributed by atoms with E-state index in [2.05, 4.69) is 100 Å². The van der Waals surface area contributed by atoms with Gasteiger partial charge in [0, 0.05) is 27.1 Å².